The lowest BCUT2D eigenvalue weighted by molar-refractivity contribution is 0.456. The van der Waals surface area contributed by atoms with E-state index in [4.69, 9.17) is 11.6 Å². The van der Waals surface area contributed by atoms with Gasteiger partial charge < -0.3 is 5.32 Å². The summed E-state index contributed by atoms with van der Waals surface area (Å²) >= 11 is 8.12. The Morgan fingerprint density at radius 2 is 1.89 bits per heavy atom. The van der Waals surface area contributed by atoms with E-state index in [1.54, 1.807) is 0 Å². The highest BCUT2D eigenvalue weighted by Gasteiger charge is 2.65. The van der Waals surface area contributed by atoms with Crippen LogP contribution in [0.25, 0.3) is 0 Å². The molecular weight excluding hydrogens is 274 g/mol. The van der Waals surface area contributed by atoms with Gasteiger partial charge >= 0.3 is 0 Å². The van der Waals surface area contributed by atoms with Gasteiger partial charge in [-0.2, -0.15) is 0 Å². The van der Waals surface area contributed by atoms with E-state index < -0.39 is 0 Å². The van der Waals surface area contributed by atoms with Gasteiger partial charge in [-0.3, -0.25) is 0 Å². The van der Waals surface area contributed by atoms with Crippen molar-refractivity contribution in [1.29, 1.82) is 0 Å². The maximum absolute atomic E-state index is 6.17. The number of halogens is 1. The van der Waals surface area contributed by atoms with Gasteiger partial charge in [0.1, 0.15) is 0 Å². The van der Waals surface area contributed by atoms with Gasteiger partial charge in [0.15, 0.2) is 0 Å². The largest absolute Gasteiger partial charge is 0.306 e. The number of hydrogen-bond donors (Lipinski definition) is 1. The lowest BCUT2D eigenvalue weighted by Gasteiger charge is -2.27. The summed E-state index contributed by atoms with van der Waals surface area (Å²) in [6.45, 7) is 9.45. The summed E-state index contributed by atoms with van der Waals surface area (Å²) in [5, 5.41) is 4.73. The van der Waals surface area contributed by atoms with Crippen molar-refractivity contribution in [3.8, 4) is 0 Å². The topological polar surface area (TPSA) is 12.0 Å². The highest BCUT2D eigenvalue weighted by atomic mass is 35.5. The fraction of sp³-hybridized carbons (Fsp3) is 0.625. The van der Waals surface area contributed by atoms with Gasteiger partial charge in [-0.05, 0) is 46.8 Å². The van der Waals surface area contributed by atoms with E-state index in [1.165, 1.54) is 22.6 Å². The molecule has 1 aromatic carbocycles. The average molecular weight is 296 g/mol. The third-order valence-electron chi connectivity index (χ3n) is 5.40. The molecule has 0 radical (unpaired) electrons. The van der Waals surface area contributed by atoms with Crippen molar-refractivity contribution in [3.05, 3.63) is 28.8 Å². The van der Waals surface area contributed by atoms with Gasteiger partial charge in [-0.1, -0.05) is 39.3 Å². The van der Waals surface area contributed by atoms with Crippen LogP contribution in [0.1, 0.15) is 45.7 Å². The molecule has 0 amide bonds. The van der Waals surface area contributed by atoms with E-state index in [0.29, 0.717) is 22.9 Å². The first-order valence-corrected chi connectivity index (χ1v) is 8.39. The molecule has 0 spiro atoms. The average Bonchev–Trinajstić information content (AvgIpc) is 2.72. The summed E-state index contributed by atoms with van der Waals surface area (Å²) in [4.78, 5) is 1.39. The van der Waals surface area contributed by atoms with Crippen molar-refractivity contribution in [2.24, 2.45) is 10.8 Å². The SMILES string of the molecule is CC1(C)C(NC2CCSc3ccc(Cl)cc32)C1(C)C. The number of benzene rings is 1. The zero-order valence-electron chi connectivity index (χ0n) is 12.1. The Morgan fingerprint density at radius 3 is 2.53 bits per heavy atom. The number of nitrogens with one attached hydrogen (secondary N) is 1. The van der Waals surface area contributed by atoms with Gasteiger partial charge in [0.05, 0.1) is 0 Å². The Morgan fingerprint density at radius 1 is 1.21 bits per heavy atom. The Hall–Kier alpha value is -0.180. The van der Waals surface area contributed by atoms with Crippen molar-refractivity contribution in [3.63, 3.8) is 0 Å². The maximum atomic E-state index is 6.17. The van der Waals surface area contributed by atoms with Crippen LogP contribution in [-0.2, 0) is 0 Å². The predicted molar refractivity (Wildman–Crippen MR) is 84.0 cm³/mol. The van der Waals surface area contributed by atoms with Crippen LogP contribution < -0.4 is 5.32 Å². The summed E-state index contributed by atoms with van der Waals surface area (Å²) in [6.07, 6.45) is 1.20. The quantitative estimate of drug-likeness (QED) is 0.833. The van der Waals surface area contributed by atoms with Crippen LogP contribution in [0.2, 0.25) is 5.02 Å². The zero-order chi connectivity index (χ0) is 13.8. The molecule has 19 heavy (non-hydrogen) atoms. The Labute approximate surface area is 125 Å². The Bertz CT molecular complexity index is 495. The summed E-state index contributed by atoms with van der Waals surface area (Å²) < 4.78 is 0. The van der Waals surface area contributed by atoms with E-state index in [1.807, 2.05) is 17.8 Å². The first-order chi connectivity index (χ1) is 8.84. The van der Waals surface area contributed by atoms with E-state index in [9.17, 15) is 0 Å². The summed E-state index contributed by atoms with van der Waals surface area (Å²) in [6, 6.07) is 7.37. The molecule has 0 saturated heterocycles. The Kier molecular flexibility index (Phi) is 3.20. The van der Waals surface area contributed by atoms with Crippen molar-refractivity contribution in [2.75, 3.05) is 5.75 Å². The summed E-state index contributed by atoms with van der Waals surface area (Å²) in [5.41, 5.74) is 2.16. The first kappa shape index (κ1) is 13.8. The predicted octanol–water partition coefficient (Wildman–Crippen LogP) is 4.90. The minimum absolute atomic E-state index is 0.385. The van der Waals surface area contributed by atoms with E-state index in [2.05, 4.69) is 45.1 Å². The molecule has 1 unspecified atom stereocenters. The second kappa shape index (κ2) is 4.41. The van der Waals surface area contributed by atoms with Crippen molar-refractivity contribution < 1.29 is 0 Å². The minimum atomic E-state index is 0.385. The van der Waals surface area contributed by atoms with Crippen LogP contribution in [0.5, 0.6) is 0 Å². The van der Waals surface area contributed by atoms with Crippen molar-refractivity contribution in [1.82, 2.24) is 5.32 Å². The molecule has 0 aromatic heterocycles. The van der Waals surface area contributed by atoms with E-state index in [0.717, 1.165) is 5.02 Å². The second-order valence-corrected chi connectivity index (χ2v) is 8.49. The van der Waals surface area contributed by atoms with Crippen molar-refractivity contribution >= 4 is 23.4 Å². The molecule has 1 nitrogen and oxygen atoms in total. The van der Waals surface area contributed by atoms with Crippen LogP contribution >= 0.6 is 23.4 Å². The molecule has 1 N–H and O–H groups in total. The highest BCUT2D eigenvalue weighted by molar-refractivity contribution is 7.99. The fourth-order valence-electron chi connectivity index (χ4n) is 3.35. The standard InChI is InChI=1S/C16H22ClNS/c1-15(2)14(16(15,3)4)18-12-7-8-19-13-6-5-10(17)9-11(12)13/h5-6,9,12,14,18H,7-8H2,1-4H3. The molecule has 1 atom stereocenters. The number of hydrogen-bond acceptors (Lipinski definition) is 2. The molecule has 1 heterocycles. The lowest BCUT2D eigenvalue weighted by Crippen LogP contribution is -2.30. The summed E-state index contributed by atoms with van der Waals surface area (Å²) in [5.74, 6) is 1.19. The summed E-state index contributed by atoms with van der Waals surface area (Å²) in [7, 11) is 0. The number of rotatable bonds is 2. The molecule has 1 aliphatic carbocycles. The number of fused-ring (bicyclic) bond motifs is 1. The molecule has 3 heteroatoms. The third-order valence-corrected chi connectivity index (χ3v) is 6.76. The van der Waals surface area contributed by atoms with Gasteiger partial charge in [0.25, 0.3) is 0 Å². The van der Waals surface area contributed by atoms with Crippen LogP contribution in [-0.4, -0.2) is 11.8 Å². The fourth-order valence-corrected chi connectivity index (χ4v) is 4.64. The maximum Gasteiger partial charge on any atom is 0.0410 e. The molecule has 1 aromatic rings. The molecule has 1 fully saturated rings. The van der Waals surface area contributed by atoms with Gasteiger partial charge in [-0.25, -0.2) is 0 Å². The second-order valence-electron chi connectivity index (χ2n) is 6.91. The normalized spacial score (nSPS) is 27.9. The molecule has 1 saturated carbocycles. The zero-order valence-corrected chi connectivity index (χ0v) is 13.7. The minimum Gasteiger partial charge on any atom is -0.306 e. The molecular formula is C16H22ClNS. The molecule has 2 aliphatic rings. The first-order valence-electron chi connectivity index (χ1n) is 7.02. The van der Waals surface area contributed by atoms with Crippen LogP contribution in [0.15, 0.2) is 23.1 Å². The van der Waals surface area contributed by atoms with Crippen LogP contribution in [0.3, 0.4) is 0 Å². The monoisotopic (exact) mass is 295 g/mol. The van der Waals surface area contributed by atoms with Gasteiger partial charge in [-0.15, -0.1) is 11.8 Å². The van der Waals surface area contributed by atoms with Crippen LogP contribution in [0.4, 0.5) is 0 Å². The van der Waals surface area contributed by atoms with E-state index >= 15 is 0 Å². The lowest BCUT2D eigenvalue weighted by atomic mass is 10.0. The molecule has 1 aliphatic heterocycles. The molecule has 0 bridgehead atoms. The van der Waals surface area contributed by atoms with E-state index in [-0.39, 0.29) is 0 Å². The molecule has 104 valence electrons. The van der Waals surface area contributed by atoms with Crippen LogP contribution in [0, 0.1) is 10.8 Å². The van der Waals surface area contributed by atoms with Gasteiger partial charge in [0.2, 0.25) is 0 Å². The Balaban J connectivity index is 1.84. The third kappa shape index (κ3) is 2.12. The van der Waals surface area contributed by atoms with Crippen molar-refractivity contribution in [2.45, 2.75) is 51.1 Å². The smallest absolute Gasteiger partial charge is 0.0410 e. The number of thioether (sulfide) groups is 1. The molecule has 3 rings (SSSR count). The van der Waals surface area contributed by atoms with Gasteiger partial charge in [0, 0.05) is 22.0 Å². The highest BCUT2D eigenvalue weighted by Crippen LogP contribution is 2.63.